The van der Waals surface area contributed by atoms with Gasteiger partial charge in [0.05, 0.1) is 0 Å². The predicted octanol–water partition coefficient (Wildman–Crippen LogP) is 4.42. The van der Waals surface area contributed by atoms with E-state index in [1.807, 2.05) is 31.2 Å². The maximum atomic E-state index is 4.18. The Balaban J connectivity index is 1.96. The number of hydrogen-bond donors (Lipinski definition) is 1. The van der Waals surface area contributed by atoms with Gasteiger partial charge in [0.25, 0.3) is 0 Å². The zero-order valence-corrected chi connectivity index (χ0v) is 13.5. The molecule has 0 radical (unpaired) electrons. The van der Waals surface area contributed by atoms with Gasteiger partial charge in [-0.3, -0.25) is 4.98 Å². The maximum Gasteiger partial charge on any atom is 0.0410 e. The minimum atomic E-state index is 0.397. The Morgan fingerprint density at radius 2 is 2.00 bits per heavy atom. The summed E-state index contributed by atoms with van der Waals surface area (Å²) in [6.45, 7) is 2.16. The van der Waals surface area contributed by atoms with E-state index in [1.54, 1.807) is 0 Å². The van der Waals surface area contributed by atoms with Gasteiger partial charge in [-0.1, -0.05) is 12.1 Å². The summed E-state index contributed by atoms with van der Waals surface area (Å²) in [6, 6.07) is 11.2. The van der Waals surface area contributed by atoms with Crippen molar-refractivity contribution in [1.29, 1.82) is 0 Å². The Morgan fingerprint density at radius 1 is 1.26 bits per heavy atom. The zero-order chi connectivity index (χ0) is 13.7. The molecular weight excluding hydrogens is 320 g/mol. The van der Waals surface area contributed by atoms with Crippen molar-refractivity contribution in [1.82, 2.24) is 10.3 Å². The zero-order valence-electron chi connectivity index (χ0n) is 11.1. The first-order valence-corrected chi connectivity index (χ1v) is 7.96. The third-order valence-corrected chi connectivity index (χ3v) is 4.50. The number of benzene rings is 1. The van der Waals surface area contributed by atoms with Crippen molar-refractivity contribution >= 4 is 27.7 Å². The van der Waals surface area contributed by atoms with Crippen LogP contribution in [0.15, 0.2) is 52.1 Å². The molecule has 0 bridgehead atoms. The van der Waals surface area contributed by atoms with Crippen LogP contribution >= 0.6 is 27.7 Å². The van der Waals surface area contributed by atoms with Crippen molar-refractivity contribution in [3.63, 3.8) is 0 Å². The molecule has 1 heterocycles. The average Bonchev–Trinajstić information content (AvgIpc) is 2.45. The number of pyridine rings is 1. The molecule has 1 aromatic heterocycles. The second kappa shape index (κ2) is 7.08. The quantitative estimate of drug-likeness (QED) is 0.818. The number of hydrogen-bond acceptors (Lipinski definition) is 3. The lowest BCUT2D eigenvalue weighted by atomic mass is 10.1. The van der Waals surface area contributed by atoms with Crippen LogP contribution in [0.2, 0.25) is 0 Å². The smallest absolute Gasteiger partial charge is 0.0410 e. The summed E-state index contributed by atoms with van der Waals surface area (Å²) in [4.78, 5) is 5.46. The highest BCUT2D eigenvalue weighted by molar-refractivity contribution is 9.10. The van der Waals surface area contributed by atoms with Crippen LogP contribution in [-0.4, -0.2) is 12.0 Å². The number of rotatable bonds is 5. The minimum absolute atomic E-state index is 0.397. The number of nitrogens with zero attached hydrogens (tertiary/aromatic N) is 1. The SMILES string of the molecule is CNC(C)c1ccc(SCc2cncc(Br)c2)cc1. The van der Waals surface area contributed by atoms with Gasteiger partial charge in [-0.25, -0.2) is 0 Å². The monoisotopic (exact) mass is 336 g/mol. The first kappa shape index (κ1) is 14.6. The summed E-state index contributed by atoms with van der Waals surface area (Å²) in [7, 11) is 1.98. The van der Waals surface area contributed by atoms with Crippen molar-refractivity contribution in [2.75, 3.05) is 7.05 Å². The fourth-order valence-corrected chi connectivity index (χ4v) is 2.95. The summed E-state index contributed by atoms with van der Waals surface area (Å²) in [6.07, 6.45) is 3.72. The van der Waals surface area contributed by atoms with E-state index in [2.05, 4.69) is 63.5 Å². The Bertz CT molecular complexity index is 528. The lowest BCUT2D eigenvalue weighted by Gasteiger charge is -2.11. The fraction of sp³-hybridized carbons (Fsp3) is 0.267. The summed E-state index contributed by atoms with van der Waals surface area (Å²) in [5, 5.41) is 3.24. The highest BCUT2D eigenvalue weighted by atomic mass is 79.9. The van der Waals surface area contributed by atoms with E-state index < -0.39 is 0 Å². The van der Waals surface area contributed by atoms with Gasteiger partial charge in [-0.15, -0.1) is 11.8 Å². The molecule has 0 aliphatic carbocycles. The minimum Gasteiger partial charge on any atom is -0.313 e. The van der Waals surface area contributed by atoms with E-state index in [9.17, 15) is 0 Å². The first-order chi connectivity index (χ1) is 9.19. The number of thioether (sulfide) groups is 1. The van der Waals surface area contributed by atoms with Crippen LogP contribution in [-0.2, 0) is 5.75 Å². The molecule has 0 fully saturated rings. The van der Waals surface area contributed by atoms with Gasteiger partial charge in [-0.05, 0) is 59.2 Å². The van der Waals surface area contributed by atoms with Crippen LogP contribution in [0.5, 0.6) is 0 Å². The summed E-state index contributed by atoms with van der Waals surface area (Å²) in [5.74, 6) is 0.938. The van der Waals surface area contributed by atoms with Crippen LogP contribution in [0.3, 0.4) is 0 Å². The van der Waals surface area contributed by atoms with Gasteiger partial charge >= 0.3 is 0 Å². The normalized spacial score (nSPS) is 12.4. The second-order valence-corrected chi connectivity index (χ2v) is 6.34. The van der Waals surface area contributed by atoms with Gasteiger partial charge in [-0.2, -0.15) is 0 Å². The molecule has 2 rings (SSSR count). The van der Waals surface area contributed by atoms with Crippen LogP contribution < -0.4 is 5.32 Å². The van der Waals surface area contributed by atoms with Crippen molar-refractivity contribution in [2.24, 2.45) is 0 Å². The molecule has 4 heteroatoms. The molecule has 2 nitrogen and oxygen atoms in total. The summed E-state index contributed by atoms with van der Waals surface area (Å²) < 4.78 is 1.03. The van der Waals surface area contributed by atoms with E-state index in [0.29, 0.717) is 6.04 Å². The molecule has 1 aromatic carbocycles. The Morgan fingerprint density at radius 3 is 2.63 bits per heavy atom. The topological polar surface area (TPSA) is 24.9 Å². The van der Waals surface area contributed by atoms with Crippen molar-refractivity contribution in [3.05, 3.63) is 58.3 Å². The van der Waals surface area contributed by atoms with Gasteiger partial charge < -0.3 is 5.32 Å². The third kappa shape index (κ3) is 4.34. The Kier molecular flexibility index (Phi) is 5.43. The lowest BCUT2D eigenvalue weighted by molar-refractivity contribution is 0.652. The number of nitrogens with one attached hydrogen (secondary N) is 1. The first-order valence-electron chi connectivity index (χ1n) is 6.18. The molecule has 1 atom stereocenters. The van der Waals surface area contributed by atoms with Crippen molar-refractivity contribution in [3.8, 4) is 0 Å². The molecular formula is C15H17BrN2S. The molecule has 0 amide bonds. The molecule has 0 aliphatic rings. The van der Waals surface area contributed by atoms with E-state index >= 15 is 0 Å². The predicted molar refractivity (Wildman–Crippen MR) is 85.4 cm³/mol. The Labute approximate surface area is 127 Å². The number of halogens is 1. The van der Waals surface area contributed by atoms with Gasteiger partial charge in [0, 0.05) is 33.6 Å². The molecule has 2 aromatic rings. The molecule has 1 unspecified atom stereocenters. The number of aromatic nitrogens is 1. The molecule has 0 saturated heterocycles. The van der Waals surface area contributed by atoms with E-state index in [4.69, 9.17) is 0 Å². The highest BCUT2D eigenvalue weighted by Crippen LogP contribution is 2.25. The van der Waals surface area contributed by atoms with Crippen molar-refractivity contribution < 1.29 is 0 Å². The van der Waals surface area contributed by atoms with E-state index in [0.717, 1.165) is 10.2 Å². The van der Waals surface area contributed by atoms with Crippen LogP contribution in [0.1, 0.15) is 24.1 Å². The van der Waals surface area contributed by atoms with E-state index in [1.165, 1.54) is 16.0 Å². The molecule has 100 valence electrons. The van der Waals surface area contributed by atoms with Crippen LogP contribution in [0, 0.1) is 0 Å². The molecule has 1 N–H and O–H groups in total. The molecule has 0 saturated carbocycles. The Hall–Kier alpha value is -0.840. The molecule has 0 aliphatic heterocycles. The average molecular weight is 337 g/mol. The maximum absolute atomic E-state index is 4.18. The molecule has 0 spiro atoms. The standard InChI is InChI=1S/C15H17BrN2S/c1-11(17-2)13-3-5-15(6-4-13)19-10-12-7-14(16)9-18-8-12/h3-9,11,17H,10H2,1-2H3. The van der Waals surface area contributed by atoms with Gasteiger partial charge in [0.15, 0.2) is 0 Å². The van der Waals surface area contributed by atoms with E-state index in [-0.39, 0.29) is 0 Å². The van der Waals surface area contributed by atoms with Gasteiger partial charge in [0.2, 0.25) is 0 Å². The third-order valence-electron chi connectivity index (χ3n) is 2.98. The van der Waals surface area contributed by atoms with Crippen LogP contribution in [0.25, 0.3) is 0 Å². The second-order valence-electron chi connectivity index (χ2n) is 4.38. The summed E-state index contributed by atoms with van der Waals surface area (Å²) >= 11 is 5.27. The van der Waals surface area contributed by atoms with Gasteiger partial charge in [0.1, 0.15) is 0 Å². The van der Waals surface area contributed by atoms with Crippen molar-refractivity contribution in [2.45, 2.75) is 23.6 Å². The molecule has 19 heavy (non-hydrogen) atoms. The lowest BCUT2D eigenvalue weighted by Crippen LogP contribution is -2.11. The fourth-order valence-electron chi connectivity index (χ4n) is 1.72. The highest BCUT2D eigenvalue weighted by Gasteiger charge is 2.02. The largest absolute Gasteiger partial charge is 0.313 e. The van der Waals surface area contributed by atoms with Crippen LogP contribution in [0.4, 0.5) is 0 Å². The summed E-state index contributed by atoms with van der Waals surface area (Å²) in [5.41, 5.74) is 2.54.